The number of rotatable bonds is 7. The largest absolute Gasteiger partial charge is 0.489 e. The number of ether oxygens (including phenoxy) is 2. The van der Waals surface area contributed by atoms with Gasteiger partial charge >= 0.3 is 6.03 Å². The van der Waals surface area contributed by atoms with Gasteiger partial charge in [0.05, 0.1) is 0 Å². The Labute approximate surface area is 146 Å². The number of benzene rings is 2. The summed E-state index contributed by atoms with van der Waals surface area (Å²) < 4.78 is 11.0. The molecule has 2 aromatic carbocycles. The van der Waals surface area contributed by atoms with Gasteiger partial charge in [0, 0.05) is 6.04 Å². The minimum Gasteiger partial charge on any atom is -0.489 e. The molecule has 3 amide bonds. The van der Waals surface area contributed by atoms with Crippen LogP contribution >= 0.6 is 0 Å². The van der Waals surface area contributed by atoms with Crippen LogP contribution < -0.4 is 20.1 Å². The molecule has 1 aliphatic rings. The lowest BCUT2D eigenvalue weighted by Gasteiger charge is -2.09. The molecule has 1 saturated carbocycles. The Balaban J connectivity index is 1.39. The molecule has 6 heteroatoms. The number of imide groups is 1. The summed E-state index contributed by atoms with van der Waals surface area (Å²) in [6, 6.07) is 16.6. The molecule has 0 saturated heterocycles. The highest BCUT2D eigenvalue weighted by atomic mass is 16.5. The van der Waals surface area contributed by atoms with Crippen molar-refractivity contribution in [1.29, 1.82) is 0 Å². The summed E-state index contributed by atoms with van der Waals surface area (Å²) in [6.07, 6.45) is 1.94. The molecular weight excluding hydrogens is 320 g/mol. The van der Waals surface area contributed by atoms with E-state index in [9.17, 15) is 9.59 Å². The molecule has 0 unspecified atom stereocenters. The monoisotopic (exact) mass is 340 g/mol. The molecule has 0 spiro atoms. The molecule has 2 N–H and O–H groups in total. The van der Waals surface area contributed by atoms with Gasteiger partial charge in [-0.3, -0.25) is 10.1 Å². The van der Waals surface area contributed by atoms with Crippen LogP contribution in [0.1, 0.15) is 18.4 Å². The van der Waals surface area contributed by atoms with E-state index >= 15 is 0 Å². The van der Waals surface area contributed by atoms with Crippen molar-refractivity contribution < 1.29 is 19.1 Å². The zero-order chi connectivity index (χ0) is 17.5. The minimum absolute atomic E-state index is 0.206. The molecule has 25 heavy (non-hydrogen) atoms. The van der Waals surface area contributed by atoms with Crippen molar-refractivity contribution in [2.45, 2.75) is 25.5 Å². The van der Waals surface area contributed by atoms with E-state index in [-0.39, 0.29) is 12.6 Å². The second kappa shape index (κ2) is 8.19. The Hall–Kier alpha value is -3.02. The average molecular weight is 340 g/mol. The summed E-state index contributed by atoms with van der Waals surface area (Å²) in [5, 5.41) is 4.91. The Kier molecular flexibility index (Phi) is 5.51. The van der Waals surface area contributed by atoms with Gasteiger partial charge in [-0.05, 0) is 42.7 Å². The highest BCUT2D eigenvalue weighted by molar-refractivity contribution is 5.95. The standard InChI is InChI=1S/C19H20N2O4/c22-18(21-19(23)20-15-6-7-15)13-25-17-10-8-16(9-11-17)24-12-14-4-2-1-3-5-14/h1-5,8-11,15H,6-7,12-13H2,(H2,20,21,22,23). The first-order valence-corrected chi connectivity index (χ1v) is 8.19. The lowest BCUT2D eigenvalue weighted by Crippen LogP contribution is -2.42. The van der Waals surface area contributed by atoms with Gasteiger partial charge in [0.1, 0.15) is 18.1 Å². The van der Waals surface area contributed by atoms with Crippen LogP contribution in [-0.4, -0.2) is 24.6 Å². The Morgan fingerprint density at radius 3 is 2.20 bits per heavy atom. The predicted molar refractivity (Wildman–Crippen MR) is 92.4 cm³/mol. The van der Waals surface area contributed by atoms with Crippen molar-refractivity contribution in [3.05, 3.63) is 60.2 Å². The normalized spacial score (nSPS) is 13.0. The van der Waals surface area contributed by atoms with E-state index in [0.717, 1.165) is 18.4 Å². The molecule has 0 heterocycles. The van der Waals surface area contributed by atoms with Gasteiger partial charge < -0.3 is 14.8 Å². The van der Waals surface area contributed by atoms with Gasteiger partial charge in [0.25, 0.3) is 5.91 Å². The third-order valence-electron chi connectivity index (χ3n) is 3.61. The topological polar surface area (TPSA) is 76.7 Å². The summed E-state index contributed by atoms with van der Waals surface area (Å²) in [4.78, 5) is 23.1. The molecule has 0 aromatic heterocycles. The first-order chi connectivity index (χ1) is 12.2. The van der Waals surface area contributed by atoms with Crippen molar-refractivity contribution in [3.8, 4) is 11.5 Å². The van der Waals surface area contributed by atoms with Gasteiger partial charge in [0.2, 0.25) is 0 Å². The van der Waals surface area contributed by atoms with Gasteiger partial charge in [-0.15, -0.1) is 0 Å². The Bertz CT molecular complexity index is 712. The molecule has 0 atom stereocenters. The zero-order valence-electron chi connectivity index (χ0n) is 13.7. The minimum atomic E-state index is -0.484. The number of urea groups is 1. The predicted octanol–water partition coefficient (Wildman–Crippen LogP) is 2.63. The van der Waals surface area contributed by atoms with Gasteiger partial charge in [-0.2, -0.15) is 0 Å². The number of hydrogen-bond acceptors (Lipinski definition) is 4. The number of carbonyl (C=O) groups is 2. The summed E-state index contributed by atoms with van der Waals surface area (Å²) in [6.45, 7) is 0.266. The van der Waals surface area contributed by atoms with Crippen molar-refractivity contribution in [3.63, 3.8) is 0 Å². The Morgan fingerprint density at radius 2 is 1.56 bits per heavy atom. The molecular formula is C19H20N2O4. The van der Waals surface area contributed by atoms with Crippen LogP contribution in [0.15, 0.2) is 54.6 Å². The summed E-state index contributed by atoms with van der Waals surface area (Å²) >= 11 is 0. The second-order valence-corrected chi connectivity index (χ2v) is 5.83. The fourth-order valence-corrected chi connectivity index (χ4v) is 2.13. The Morgan fingerprint density at radius 1 is 0.920 bits per heavy atom. The van der Waals surface area contributed by atoms with E-state index in [2.05, 4.69) is 10.6 Å². The summed E-state index contributed by atoms with van der Waals surface area (Å²) in [7, 11) is 0. The number of hydrogen-bond donors (Lipinski definition) is 2. The van der Waals surface area contributed by atoms with E-state index < -0.39 is 11.9 Å². The van der Waals surface area contributed by atoms with Crippen LogP contribution in [0.5, 0.6) is 11.5 Å². The first kappa shape index (κ1) is 16.8. The van der Waals surface area contributed by atoms with E-state index in [1.807, 2.05) is 30.3 Å². The molecule has 3 rings (SSSR count). The lowest BCUT2D eigenvalue weighted by atomic mass is 10.2. The van der Waals surface area contributed by atoms with Crippen LogP contribution in [0.3, 0.4) is 0 Å². The smallest absolute Gasteiger partial charge is 0.321 e. The van der Waals surface area contributed by atoms with E-state index in [4.69, 9.17) is 9.47 Å². The molecule has 1 fully saturated rings. The number of carbonyl (C=O) groups excluding carboxylic acids is 2. The van der Waals surface area contributed by atoms with Crippen molar-refractivity contribution in [2.75, 3.05) is 6.61 Å². The van der Waals surface area contributed by atoms with Crippen LogP contribution in [0, 0.1) is 0 Å². The van der Waals surface area contributed by atoms with Crippen molar-refractivity contribution >= 4 is 11.9 Å². The van der Waals surface area contributed by atoms with Crippen LogP contribution in [-0.2, 0) is 11.4 Å². The average Bonchev–Trinajstić information content (AvgIpc) is 3.44. The molecule has 1 aliphatic carbocycles. The van der Waals surface area contributed by atoms with Gasteiger partial charge in [0.15, 0.2) is 6.61 Å². The lowest BCUT2D eigenvalue weighted by molar-refractivity contribution is -0.122. The molecule has 2 aromatic rings. The van der Waals surface area contributed by atoms with Crippen LogP contribution in [0.25, 0.3) is 0 Å². The molecule has 0 radical (unpaired) electrons. The maximum absolute atomic E-state index is 11.6. The second-order valence-electron chi connectivity index (χ2n) is 5.83. The van der Waals surface area contributed by atoms with Crippen LogP contribution in [0.4, 0.5) is 4.79 Å². The first-order valence-electron chi connectivity index (χ1n) is 8.19. The highest BCUT2D eigenvalue weighted by Gasteiger charge is 2.23. The van der Waals surface area contributed by atoms with Gasteiger partial charge in [-0.25, -0.2) is 4.79 Å². The summed E-state index contributed by atoms with van der Waals surface area (Å²) in [5.74, 6) is 0.761. The molecule has 6 nitrogen and oxygen atoms in total. The number of amides is 3. The molecule has 130 valence electrons. The molecule has 0 aliphatic heterocycles. The number of nitrogens with one attached hydrogen (secondary N) is 2. The maximum atomic E-state index is 11.6. The fraction of sp³-hybridized carbons (Fsp3) is 0.263. The van der Waals surface area contributed by atoms with Gasteiger partial charge in [-0.1, -0.05) is 30.3 Å². The van der Waals surface area contributed by atoms with E-state index in [1.54, 1.807) is 24.3 Å². The summed E-state index contributed by atoms with van der Waals surface area (Å²) in [5.41, 5.74) is 1.09. The third kappa shape index (κ3) is 5.84. The zero-order valence-corrected chi connectivity index (χ0v) is 13.7. The maximum Gasteiger partial charge on any atom is 0.321 e. The van der Waals surface area contributed by atoms with Crippen molar-refractivity contribution in [1.82, 2.24) is 10.6 Å². The quantitative estimate of drug-likeness (QED) is 0.812. The third-order valence-corrected chi connectivity index (χ3v) is 3.61. The van der Waals surface area contributed by atoms with Crippen molar-refractivity contribution in [2.24, 2.45) is 0 Å². The SMILES string of the molecule is O=C(COc1ccc(OCc2ccccc2)cc1)NC(=O)NC1CC1. The molecule has 0 bridgehead atoms. The fourth-order valence-electron chi connectivity index (χ4n) is 2.13. The van der Waals surface area contributed by atoms with E-state index in [1.165, 1.54) is 0 Å². The van der Waals surface area contributed by atoms with Crippen LogP contribution in [0.2, 0.25) is 0 Å². The van der Waals surface area contributed by atoms with E-state index in [0.29, 0.717) is 18.1 Å². The highest BCUT2D eigenvalue weighted by Crippen LogP contribution is 2.19.